The second-order valence-electron chi connectivity index (χ2n) is 7.14. The van der Waals surface area contributed by atoms with E-state index in [1.165, 1.54) is 39.4 Å². The molecular formula is C25H28N2O. The minimum atomic E-state index is 0.690. The Morgan fingerprint density at radius 2 is 1.21 bits per heavy atom. The summed E-state index contributed by atoms with van der Waals surface area (Å²) >= 11 is 0. The van der Waals surface area contributed by atoms with Gasteiger partial charge in [-0.2, -0.15) is 0 Å². The van der Waals surface area contributed by atoms with E-state index in [9.17, 15) is 0 Å². The predicted molar refractivity (Wildman–Crippen MR) is 120 cm³/mol. The number of hydrogen-bond acceptors (Lipinski definition) is 3. The second kappa shape index (κ2) is 7.59. The van der Waals surface area contributed by atoms with Crippen molar-refractivity contribution in [2.75, 3.05) is 29.5 Å². The molecule has 0 radical (unpaired) electrons. The first-order valence-corrected chi connectivity index (χ1v) is 10.2. The third-order valence-corrected chi connectivity index (χ3v) is 5.40. The van der Waals surface area contributed by atoms with Gasteiger partial charge in [-0.15, -0.1) is 0 Å². The second-order valence-corrected chi connectivity index (χ2v) is 7.14. The Labute approximate surface area is 168 Å². The lowest BCUT2D eigenvalue weighted by Crippen LogP contribution is -2.29. The molecule has 0 aromatic heterocycles. The zero-order valence-electron chi connectivity index (χ0n) is 17.2. The largest absolute Gasteiger partial charge is 0.494 e. The maximum Gasteiger partial charge on any atom is 0.119 e. The standard InChI is InChI=1S/C25H28N2O/c1-5-26-23-15-11-20(19-9-12-21(13-10-19)28-7-3)17-25(23)27(6-2)22-14-8-18(4)16-24(22)26/h8-17H,5-7H2,1-4H3. The number of ether oxygens (including phenoxy) is 1. The van der Waals surface area contributed by atoms with Crippen molar-refractivity contribution < 1.29 is 4.74 Å². The third kappa shape index (κ3) is 3.11. The first-order chi connectivity index (χ1) is 13.7. The minimum absolute atomic E-state index is 0.690. The average molecular weight is 373 g/mol. The van der Waals surface area contributed by atoms with E-state index in [0.717, 1.165) is 18.8 Å². The molecule has 3 aromatic carbocycles. The van der Waals surface area contributed by atoms with Crippen molar-refractivity contribution in [1.82, 2.24) is 0 Å². The molecule has 3 aromatic rings. The van der Waals surface area contributed by atoms with Gasteiger partial charge < -0.3 is 14.5 Å². The van der Waals surface area contributed by atoms with Crippen LogP contribution < -0.4 is 14.5 Å². The van der Waals surface area contributed by atoms with Gasteiger partial charge in [-0.05, 0) is 80.8 Å². The lowest BCUT2D eigenvalue weighted by atomic mass is 10.00. The van der Waals surface area contributed by atoms with E-state index >= 15 is 0 Å². The van der Waals surface area contributed by atoms with Crippen molar-refractivity contribution in [2.24, 2.45) is 0 Å². The Kier molecular flexibility index (Phi) is 4.99. The first kappa shape index (κ1) is 18.4. The average Bonchev–Trinajstić information content (AvgIpc) is 2.72. The lowest BCUT2D eigenvalue weighted by Gasteiger charge is -2.40. The van der Waals surface area contributed by atoms with Crippen molar-refractivity contribution in [2.45, 2.75) is 27.7 Å². The molecule has 144 valence electrons. The number of nitrogens with zero attached hydrogens (tertiary/aromatic N) is 2. The normalized spacial score (nSPS) is 12.6. The van der Waals surface area contributed by atoms with Gasteiger partial charge in [0.1, 0.15) is 5.75 Å². The number of benzene rings is 3. The van der Waals surface area contributed by atoms with Crippen molar-refractivity contribution in [3.8, 4) is 16.9 Å². The Hall–Kier alpha value is -2.94. The molecular weight excluding hydrogens is 344 g/mol. The number of hydrogen-bond donors (Lipinski definition) is 0. The zero-order chi connectivity index (χ0) is 19.7. The molecule has 0 unspecified atom stereocenters. The monoisotopic (exact) mass is 372 g/mol. The minimum Gasteiger partial charge on any atom is -0.494 e. The van der Waals surface area contributed by atoms with Crippen LogP contribution in [0.15, 0.2) is 60.7 Å². The van der Waals surface area contributed by atoms with Crippen molar-refractivity contribution >= 4 is 22.7 Å². The van der Waals surface area contributed by atoms with Gasteiger partial charge in [-0.25, -0.2) is 0 Å². The van der Waals surface area contributed by atoms with Crippen LogP contribution in [0.2, 0.25) is 0 Å². The number of anilines is 4. The highest BCUT2D eigenvalue weighted by molar-refractivity contribution is 5.95. The topological polar surface area (TPSA) is 15.7 Å². The van der Waals surface area contributed by atoms with E-state index in [0.29, 0.717) is 6.61 Å². The summed E-state index contributed by atoms with van der Waals surface area (Å²) in [5.41, 5.74) is 8.86. The fourth-order valence-electron chi connectivity index (χ4n) is 4.08. The first-order valence-electron chi connectivity index (χ1n) is 10.2. The number of fused-ring (bicyclic) bond motifs is 2. The van der Waals surface area contributed by atoms with Crippen LogP contribution in [-0.4, -0.2) is 19.7 Å². The van der Waals surface area contributed by atoms with Crippen molar-refractivity contribution in [3.63, 3.8) is 0 Å². The van der Waals surface area contributed by atoms with Crippen LogP contribution in [0.3, 0.4) is 0 Å². The summed E-state index contributed by atoms with van der Waals surface area (Å²) in [7, 11) is 0. The molecule has 0 N–H and O–H groups in total. The van der Waals surface area contributed by atoms with Crippen LogP contribution in [0.5, 0.6) is 5.75 Å². The van der Waals surface area contributed by atoms with E-state index in [1.54, 1.807) is 0 Å². The van der Waals surface area contributed by atoms with Gasteiger partial charge in [0.15, 0.2) is 0 Å². The molecule has 0 spiro atoms. The van der Waals surface area contributed by atoms with Crippen LogP contribution in [0.1, 0.15) is 26.3 Å². The molecule has 4 rings (SSSR count). The van der Waals surface area contributed by atoms with Crippen LogP contribution in [0, 0.1) is 6.92 Å². The Morgan fingerprint density at radius 1 is 0.643 bits per heavy atom. The summed E-state index contributed by atoms with van der Waals surface area (Å²) in [5.74, 6) is 0.917. The van der Waals surface area contributed by atoms with Gasteiger partial charge in [-0.1, -0.05) is 24.3 Å². The third-order valence-electron chi connectivity index (χ3n) is 5.40. The maximum atomic E-state index is 5.58. The van der Waals surface area contributed by atoms with Gasteiger partial charge in [0.2, 0.25) is 0 Å². The van der Waals surface area contributed by atoms with E-state index in [4.69, 9.17) is 4.74 Å². The molecule has 0 atom stereocenters. The van der Waals surface area contributed by atoms with Crippen molar-refractivity contribution in [3.05, 3.63) is 66.2 Å². The Morgan fingerprint density at radius 3 is 1.82 bits per heavy atom. The molecule has 0 saturated heterocycles. The highest BCUT2D eigenvalue weighted by Crippen LogP contribution is 2.49. The molecule has 28 heavy (non-hydrogen) atoms. The molecule has 1 heterocycles. The smallest absolute Gasteiger partial charge is 0.119 e. The predicted octanol–water partition coefficient (Wildman–Crippen LogP) is 6.69. The Balaban J connectivity index is 1.80. The van der Waals surface area contributed by atoms with Gasteiger partial charge in [-0.3, -0.25) is 0 Å². The summed E-state index contributed by atoms with van der Waals surface area (Å²) in [6.07, 6.45) is 0. The molecule has 0 fully saturated rings. The zero-order valence-corrected chi connectivity index (χ0v) is 17.2. The SMILES string of the molecule is CCOc1ccc(-c2ccc3c(c2)N(CC)c2ccc(C)cc2N3CC)cc1. The summed E-state index contributed by atoms with van der Waals surface area (Å²) in [6.45, 7) is 11.2. The maximum absolute atomic E-state index is 5.58. The fraction of sp³-hybridized carbons (Fsp3) is 0.280. The highest BCUT2D eigenvalue weighted by Gasteiger charge is 2.27. The quantitative estimate of drug-likeness (QED) is 0.496. The summed E-state index contributed by atoms with van der Waals surface area (Å²) in [4.78, 5) is 4.85. The van der Waals surface area contributed by atoms with E-state index in [-0.39, 0.29) is 0 Å². The molecule has 0 bridgehead atoms. The van der Waals surface area contributed by atoms with E-state index in [1.807, 2.05) is 19.1 Å². The summed E-state index contributed by atoms with van der Waals surface area (Å²) in [6, 6.07) is 21.9. The fourth-order valence-corrected chi connectivity index (χ4v) is 4.08. The Bertz CT molecular complexity index is 978. The number of rotatable bonds is 5. The highest BCUT2D eigenvalue weighted by atomic mass is 16.5. The summed E-state index contributed by atoms with van der Waals surface area (Å²) in [5, 5.41) is 0. The van der Waals surface area contributed by atoms with Gasteiger partial charge in [0.05, 0.1) is 29.4 Å². The molecule has 1 aliphatic heterocycles. The van der Waals surface area contributed by atoms with Crippen LogP contribution >= 0.6 is 0 Å². The molecule has 0 aliphatic carbocycles. The van der Waals surface area contributed by atoms with Crippen LogP contribution in [-0.2, 0) is 0 Å². The number of aryl methyl sites for hydroxylation is 1. The van der Waals surface area contributed by atoms with Gasteiger partial charge in [0.25, 0.3) is 0 Å². The summed E-state index contributed by atoms with van der Waals surface area (Å²) < 4.78 is 5.58. The van der Waals surface area contributed by atoms with Crippen LogP contribution in [0.4, 0.5) is 22.7 Å². The molecule has 1 aliphatic rings. The van der Waals surface area contributed by atoms with E-state index in [2.05, 4.69) is 79.1 Å². The van der Waals surface area contributed by atoms with Crippen LogP contribution in [0.25, 0.3) is 11.1 Å². The molecule has 3 heteroatoms. The van der Waals surface area contributed by atoms with E-state index < -0.39 is 0 Å². The van der Waals surface area contributed by atoms with Gasteiger partial charge in [0, 0.05) is 13.1 Å². The molecule has 0 saturated carbocycles. The molecule has 3 nitrogen and oxygen atoms in total. The molecule has 0 amide bonds. The van der Waals surface area contributed by atoms with Crippen molar-refractivity contribution in [1.29, 1.82) is 0 Å². The lowest BCUT2D eigenvalue weighted by molar-refractivity contribution is 0.340. The van der Waals surface area contributed by atoms with Gasteiger partial charge >= 0.3 is 0 Å².